The molecule has 0 spiro atoms. The molecule has 154 valence electrons. The first-order valence-electron chi connectivity index (χ1n) is 8.91. The Morgan fingerprint density at radius 3 is 2.45 bits per heavy atom. The van der Waals surface area contributed by atoms with E-state index in [0.717, 1.165) is 16.5 Å². The summed E-state index contributed by atoms with van der Waals surface area (Å²) in [4.78, 5) is 24.1. The number of hydrogen-bond acceptors (Lipinski definition) is 5. The van der Waals surface area contributed by atoms with Gasteiger partial charge in [-0.25, -0.2) is 0 Å². The molecule has 7 nitrogen and oxygen atoms in total. The quantitative estimate of drug-likeness (QED) is 0.417. The topological polar surface area (TPSA) is 88.7 Å². The molecule has 2 rings (SSSR count). The largest absolute Gasteiger partial charge is 0.494 e. The zero-order valence-corrected chi connectivity index (χ0v) is 18.5. The third kappa shape index (κ3) is 7.71. The van der Waals surface area contributed by atoms with E-state index in [-0.39, 0.29) is 11.7 Å². The van der Waals surface area contributed by atoms with Crippen LogP contribution >= 0.6 is 28.1 Å². The second-order valence-corrected chi connectivity index (χ2v) is 7.35. The number of thiocarbonyl (C=S) groups is 1. The van der Waals surface area contributed by atoms with E-state index in [1.807, 2.05) is 26.0 Å². The van der Waals surface area contributed by atoms with Gasteiger partial charge in [0.2, 0.25) is 0 Å². The molecule has 0 saturated carbocycles. The van der Waals surface area contributed by atoms with Crippen molar-refractivity contribution in [3.63, 3.8) is 0 Å². The van der Waals surface area contributed by atoms with Gasteiger partial charge in [-0.1, -0.05) is 22.9 Å². The lowest BCUT2D eigenvalue weighted by molar-refractivity contribution is -0.123. The van der Waals surface area contributed by atoms with Gasteiger partial charge in [-0.2, -0.15) is 0 Å². The lowest BCUT2D eigenvalue weighted by Crippen LogP contribution is -2.49. The van der Waals surface area contributed by atoms with Crippen molar-refractivity contribution in [1.29, 1.82) is 0 Å². The van der Waals surface area contributed by atoms with Crippen LogP contribution in [0.2, 0.25) is 0 Å². The minimum Gasteiger partial charge on any atom is -0.494 e. The standard InChI is InChI=1S/C20H22BrN3O4S/c1-3-10-27-16-7-4-14(5-8-16)19(26)22-20(29)24-23-18(25)12-28-17-9-6-15(21)11-13(17)2/h4-9,11H,3,10,12H2,1-2H3,(H,23,25)(H2,22,24,26,29). The summed E-state index contributed by atoms with van der Waals surface area (Å²) in [6, 6.07) is 12.2. The van der Waals surface area contributed by atoms with Crippen LogP contribution in [0.1, 0.15) is 29.3 Å². The third-order valence-electron chi connectivity index (χ3n) is 3.63. The van der Waals surface area contributed by atoms with E-state index in [0.29, 0.717) is 23.7 Å². The highest BCUT2D eigenvalue weighted by Crippen LogP contribution is 2.21. The van der Waals surface area contributed by atoms with Crippen LogP contribution in [0, 0.1) is 6.92 Å². The lowest BCUT2D eigenvalue weighted by atomic mass is 10.2. The van der Waals surface area contributed by atoms with Gasteiger partial charge in [-0.05, 0) is 73.6 Å². The zero-order valence-electron chi connectivity index (χ0n) is 16.1. The minimum atomic E-state index is -0.443. The van der Waals surface area contributed by atoms with Crippen molar-refractivity contribution in [3.05, 3.63) is 58.1 Å². The smallest absolute Gasteiger partial charge is 0.276 e. The van der Waals surface area contributed by atoms with Crippen LogP contribution in [0.4, 0.5) is 0 Å². The van der Waals surface area contributed by atoms with E-state index < -0.39 is 11.8 Å². The molecule has 0 bridgehead atoms. The maximum Gasteiger partial charge on any atom is 0.276 e. The van der Waals surface area contributed by atoms with E-state index in [9.17, 15) is 9.59 Å². The molecule has 0 unspecified atom stereocenters. The molecule has 0 aliphatic rings. The highest BCUT2D eigenvalue weighted by molar-refractivity contribution is 9.10. The first kappa shape index (κ1) is 22.6. The van der Waals surface area contributed by atoms with Gasteiger partial charge in [0, 0.05) is 10.0 Å². The number of nitrogens with one attached hydrogen (secondary N) is 3. The number of rotatable bonds is 7. The summed E-state index contributed by atoms with van der Waals surface area (Å²) in [6.45, 7) is 4.31. The molecule has 2 aromatic rings. The fourth-order valence-electron chi connectivity index (χ4n) is 2.21. The van der Waals surface area contributed by atoms with Gasteiger partial charge in [0.1, 0.15) is 11.5 Å². The summed E-state index contributed by atoms with van der Waals surface area (Å²) in [5.41, 5.74) is 6.16. The average Bonchev–Trinajstić information content (AvgIpc) is 2.70. The third-order valence-corrected chi connectivity index (χ3v) is 4.32. The number of halogens is 1. The summed E-state index contributed by atoms with van der Waals surface area (Å²) in [6.07, 6.45) is 0.904. The van der Waals surface area contributed by atoms with Crippen LogP contribution in [0.25, 0.3) is 0 Å². The number of benzene rings is 2. The predicted octanol–water partition coefficient (Wildman–Crippen LogP) is 3.26. The van der Waals surface area contributed by atoms with Crippen molar-refractivity contribution in [2.75, 3.05) is 13.2 Å². The molecule has 0 saturated heterocycles. The van der Waals surface area contributed by atoms with Crippen molar-refractivity contribution in [2.24, 2.45) is 0 Å². The number of carbonyl (C=O) groups is 2. The molecule has 0 aliphatic heterocycles. The summed E-state index contributed by atoms with van der Waals surface area (Å²) in [5.74, 6) is 0.449. The first-order valence-corrected chi connectivity index (χ1v) is 10.1. The Bertz CT molecular complexity index is 875. The summed E-state index contributed by atoms with van der Waals surface area (Å²) in [5, 5.41) is 2.45. The summed E-state index contributed by atoms with van der Waals surface area (Å²) in [7, 11) is 0. The molecule has 0 atom stereocenters. The first-order chi connectivity index (χ1) is 13.9. The molecule has 2 aromatic carbocycles. The van der Waals surface area contributed by atoms with Crippen molar-refractivity contribution in [1.82, 2.24) is 16.2 Å². The van der Waals surface area contributed by atoms with Crippen molar-refractivity contribution >= 4 is 45.1 Å². The number of carbonyl (C=O) groups excluding carboxylic acids is 2. The molecule has 3 N–H and O–H groups in total. The Morgan fingerprint density at radius 2 is 1.79 bits per heavy atom. The molecule has 0 radical (unpaired) electrons. The number of hydrogen-bond donors (Lipinski definition) is 3. The fraction of sp³-hybridized carbons (Fsp3) is 0.250. The Labute approximate surface area is 183 Å². The number of ether oxygens (including phenoxy) is 2. The van der Waals surface area contributed by atoms with Gasteiger partial charge < -0.3 is 9.47 Å². The van der Waals surface area contributed by atoms with E-state index in [1.54, 1.807) is 30.3 Å². The normalized spacial score (nSPS) is 10.0. The number of hydrazine groups is 1. The van der Waals surface area contributed by atoms with Crippen LogP contribution in [0.15, 0.2) is 46.9 Å². The molecule has 2 amide bonds. The Hall–Kier alpha value is -2.65. The van der Waals surface area contributed by atoms with E-state index in [1.165, 1.54) is 0 Å². The molecule has 0 aliphatic carbocycles. The minimum absolute atomic E-state index is 0.0329. The van der Waals surface area contributed by atoms with Crippen LogP contribution in [-0.4, -0.2) is 30.1 Å². The number of aryl methyl sites for hydroxylation is 1. The monoisotopic (exact) mass is 479 g/mol. The van der Waals surface area contributed by atoms with Crippen molar-refractivity contribution in [3.8, 4) is 11.5 Å². The second-order valence-electron chi connectivity index (χ2n) is 6.03. The fourth-order valence-corrected chi connectivity index (χ4v) is 2.83. The average molecular weight is 480 g/mol. The van der Waals surface area contributed by atoms with Crippen molar-refractivity contribution < 1.29 is 19.1 Å². The zero-order chi connectivity index (χ0) is 21.2. The molecule has 0 aromatic heterocycles. The van der Waals surface area contributed by atoms with Gasteiger partial charge in [-0.3, -0.25) is 25.8 Å². The maximum absolute atomic E-state index is 12.2. The molecule has 29 heavy (non-hydrogen) atoms. The highest BCUT2D eigenvalue weighted by Gasteiger charge is 2.10. The van der Waals surface area contributed by atoms with Gasteiger partial charge in [0.25, 0.3) is 11.8 Å². The van der Waals surface area contributed by atoms with Gasteiger partial charge in [-0.15, -0.1) is 0 Å². The Morgan fingerprint density at radius 1 is 1.07 bits per heavy atom. The SMILES string of the molecule is CCCOc1ccc(C(=O)NC(=S)NNC(=O)COc2ccc(Br)cc2C)cc1. The van der Waals surface area contributed by atoms with E-state index in [4.69, 9.17) is 21.7 Å². The maximum atomic E-state index is 12.2. The molecule has 0 fully saturated rings. The van der Waals surface area contributed by atoms with Crippen LogP contribution in [0.3, 0.4) is 0 Å². The van der Waals surface area contributed by atoms with E-state index in [2.05, 4.69) is 32.1 Å². The van der Waals surface area contributed by atoms with Gasteiger partial charge >= 0.3 is 0 Å². The summed E-state index contributed by atoms with van der Waals surface area (Å²) < 4.78 is 11.9. The van der Waals surface area contributed by atoms with Crippen molar-refractivity contribution in [2.45, 2.75) is 20.3 Å². The van der Waals surface area contributed by atoms with Crippen LogP contribution in [-0.2, 0) is 4.79 Å². The number of amides is 2. The van der Waals surface area contributed by atoms with Crippen LogP contribution < -0.4 is 25.6 Å². The molecular formula is C20H22BrN3O4S. The highest BCUT2D eigenvalue weighted by atomic mass is 79.9. The van der Waals surface area contributed by atoms with Gasteiger partial charge in [0.15, 0.2) is 11.7 Å². The molecule has 0 heterocycles. The second kappa shape index (κ2) is 11.4. The predicted molar refractivity (Wildman–Crippen MR) is 118 cm³/mol. The van der Waals surface area contributed by atoms with Gasteiger partial charge in [0.05, 0.1) is 6.61 Å². The Kier molecular flexibility index (Phi) is 8.88. The summed E-state index contributed by atoms with van der Waals surface area (Å²) >= 11 is 8.38. The lowest BCUT2D eigenvalue weighted by Gasteiger charge is -2.12. The van der Waals surface area contributed by atoms with Crippen LogP contribution in [0.5, 0.6) is 11.5 Å². The molecule has 9 heteroatoms. The molecular weight excluding hydrogens is 458 g/mol. The van der Waals surface area contributed by atoms with E-state index >= 15 is 0 Å². The Balaban J connectivity index is 1.74.